The van der Waals surface area contributed by atoms with Gasteiger partial charge in [0, 0.05) is 11.8 Å². The number of benzene rings is 2. The van der Waals surface area contributed by atoms with Gasteiger partial charge in [0.05, 0.1) is 5.56 Å². The predicted octanol–water partition coefficient (Wildman–Crippen LogP) is 4.81. The molecular weight excluding hydrogens is 312 g/mol. The van der Waals surface area contributed by atoms with Crippen LogP contribution >= 0.6 is 0 Å². The van der Waals surface area contributed by atoms with E-state index in [4.69, 9.17) is 10.5 Å². The Hall–Kier alpha value is -2.38. The van der Waals surface area contributed by atoms with E-state index in [9.17, 15) is 26.3 Å². The molecule has 0 atom stereocenters. The van der Waals surface area contributed by atoms with Crippen LogP contribution in [0.15, 0.2) is 24.3 Å². The van der Waals surface area contributed by atoms with Gasteiger partial charge in [0.25, 0.3) is 0 Å². The third kappa shape index (κ3) is 3.10. The van der Waals surface area contributed by atoms with Crippen LogP contribution in [0.4, 0.5) is 32.0 Å². The average molecular weight is 321 g/mol. The van der Waals surface area contributed by atoms with E-state index in [1.54, 1.807) is 0 Å². The number of alkyl halides is 3. The lowest BCUT2D eigenvalue weighted by Gasteiger charge is -2.13. The molecule has 0 bridgehead atoms. The summed E-state index contributed by atoms with van der Waals surface area (Å²) in [5.41, 5.74) is 4.48. The molecule has 0 aliphatic carbocycles. The van der Waals surface area contributed by atoms with Crippen LogP contribution < -0.4 is 10.5 Å². The molecule has 0 unspecified atom stereocenters. The van der Waals surface area contributed by atoms with Crippen molar-refractivity contribution in [1.29, 1.82) is 0 Å². The number of hydrogen-bond acceptors (Lipinski definition) is 2. The molecule has 0 spiro atoms. The predicted molar refractivity (Wildman–Crippen MR) is 67.0 cm³/mol. The average Bonchev–Trinajstić information content (AvgIpc) is 2.38. The number of nitrogens with two attached hydrogens (primary N) is 1. The SMILES string of the molecule is Cc1cc(F)c(Oc2c(F)cc(C(F)(F)F)cc2F)cc1N. The summed E-state index contributed by atoms with van der Waals surface area (Å²) in [6.45, 7) is 1.50. The van der Waals surface area contributed by atoms with Gasteiger partial charge in [-0.25, -0.2) is 13.2 Å². The minimum atomic E-state index is -4.92. The Morgan fingerprint density at radius 3 is 1.95 bits per heavy atom. The fourth-order valence-electron chi connectivity index (χ4n) is 1.68. The van der Waals surface area contributed by atoms with E-state index in [-0.39, 0.29) is 17.8 Å². The van der Waals surface area contributed by atoms with E-state index >= 15 is 0 Å². The first kappa shape index (κ1) is 16.0. The standard InChI is InChI=1S/C14H9F6NO/c1-6-2-8(15)12(5-11(6)21)22-13-9(16)3-7(4-10(13)17)14(18,19)20/h2-5H,21H2,1H3. The lowest BCUT2D eigenvalue weighted by molar-refractivity contribution is -0.138. The van der Waals surface area contributed by atoms with Crippen LogP contribution in [0.2, 0.25) is 0 Å². The molecule has 0 aromatic heterocycles. The maximum Gasteiger partial charge on any atom is 0.416 e. The van der Waals surface area contributed by atoms with E-state index in [0.29, 0.717) is 5.56 Å². The van der Waals surface area contributed by atoms with Gasteiger partial charge in [0.15, 0.2) is 29.0 Å². The highest BCUT2D eigenvalue weighted by Gasteiger charge is 2.33. The molecule has 2 rings (SSSR count). The quantitative estimate of drug-likeness (QED) is 0.636. The highest BCUT2D eigenvalue weighted by Crippen LogP contribution is 2.36. The fraction of sp³-hybridized carbons (Fsp3) is 0.143. The summed E-state index contributed by atoms with van der Waals surface area (Å²) in [4.78, 5) is 0. The molecule has 0 amide bonds. The number of anilines is 1. The lowest BCUT2D eigenvalue weighted by Crippen LogP contribution is -2.07. The van der Waals surface area contributed by atoms with Crippen molar-refractivity contribution in [3.8, 4) is 11.5 Å². The molecule has 2 aromatic carbocycles. The summed E-state index contributed by atoms with van der Waals surface area (Å²) in [7, 11) is 0. The van der Waals surface area contributed by atoms with Crippen LogP contribution in [0.25, 0.3) is 0 Å². The first-order valence-corrected chi connectivity index (χ1v) is 5.89. The maximum atomic E-state index is 13.6. The molecule has 118 valence electrons. The number of ether oxygens (including phenoxy) is 1. The Morgan fingerprint density at radius 1 is 0.909 bits per heavy atom. The zero-order chi connectivity index (χ0) is 16.7. The topological polar surface area (TPSA) is 35.2 Å². The molecule has 8 heteroatoms. The van der Waals surface area contributed by atoms with Gasteiger partial charge in [-0.2, -0.15) is 13.2 Å². The highest BCUT2D eigenvalue weighted by molar-refractivity contribution is 5.52. The van der Waals surface area contributed by atoms with Crippen LogP contribution in [-0.2, 0) is 6.18 Å². The van der Waals surface area contributed by atoms with Gasteiger partial charge >= 0.3 is 6.18 Å². The Labute approximate surface area is 121 Å². The van der Waals surface area contributed by atoms with E-state index in [2.05, 4.69) is 0 Å². The summed E-state index contributed by atoms with van der Waals surface area (Å²) in [6, 6.07) is 2.09. The Balaban J connectivity index is 2.45. The normalized spacial score (nSPS) is 11.6. The summed E-state index contributed by atoms with van der Waals surface area (Å²) >= 11 is 0. The summed E-state index contributed by atoms with van der Waals surface area (Å²) < 4.78 is 82.8. The number of hydrogen-bond donors (Lipinski definition) is 1. The monoisotopic (exact) mass is 321 g/mol. The second-order valence-corrected chi connectivity index (χ2v) is 4.51. The third-order valence-electron chi connectivity index (χ3n) is 2.86. The molecule has 0 fully saturated rings. The van der Waals surface area contributed by atoms with Crippen molar-refractivity contribution in [3.63, 3.8) is 0 Å². The van der Waals surface area contributed by atoms with Crippen LogP contribution in [0.5, 0.6) is 11.5 Å². The van der Waals surface area contributed by atoms with Gasteiger partial charge in [-0.15, -0.1) is 0 Å². The lowest BCUT2D eigenvalue weighted by atomic mass is 10.1. The number of halogens is 6. The number of rotatable bonds is 2. The molecule has 0 radical (unpaired) electrons. The Morgan fingerprint density at radius 2 is 1.45 bits per heavy atom. The van der Waals surface area contributed by atoms with Crippen LogP contribution in [-0.4, -0.2) is 0 Å². The van der Waals surface area contributed by atoms with Gasteiger partial charge in [-0.05, 0) is 30.7 Å². The Bertz CT molecular complexity index is 703. The van der Waals surface area contributed by atoms with Crippen molar-refractivity contribution < 1.29 is 31.1 Å². The van der Waals surface area contributed by atoms with Gasteiger partial charge in [0.1, 0.15) is 0 Å². The third-order valence-corrected chi connectivity index (χ3v) is 2.86. The Kier molecular flexibility index (Phi) is 3.95. The van der Waals surface area contributed by atoms with Crippen molar-refractivity contribution in [1.82, 2.24) is 0 Å². The molecule has 0 saturated carbocycles. The molecule has 0 heterocycles. The molecule has 22 heavy (non-hydrogen) atoms. The molecule has 2 nitrogen and oxygen atoms in total. The summed E-state index contributed by atoms with van der Waals surface area (Å²) in [6.07, 6.45) is -4.92. The van der Waals surface area contributed by atoms with E-state index in [0.717, 1.165) is 12.1 Å². The summed E-state index contributed by atoms with van der Waals surface area (Å²) in [5.74, 6) is -5.90. The van der Waals surface area contributed by atoms with E-state index < -0.39 is 40.7 Å². The van der Waals surface area contributed by atoms with Crippen molar-refractivity contribution in [3.05, 3.63) is 52.8 Å². The first-order valence-electron chi connectivity index (χ1n) is 5.89. The summed E-state index contributed by atoms with van der Waals surface area (Å²) in [5, 5.41) is 0. The van der Waals surface area contributed by atoms with Crippen LogP contribution in [0.3, 0.4) is 0 Å². The first-order chi connectivity index (χ1) is 10.1. The van der Waals surface area contributed by atoms with Crippen molar-refractivity contribution in [2.24, 2.45) is 0 Å². The van der Waals surface area contributed by atoms with Gasteiger partial charge in [-0.3, -0.25) is 0 Å². The molecule has 2 aromatic rings. The van der Waals surface area contributed by atoms with Crippen molar-refractivity contribution >= 4 is 5.69 Å². The van der Waals surface area contributed by atoms with Crippen molar-refractivity contribution in [2.45, 2.75) is 13.1 Å². The molecule has 0 aliphatic rings. The second kappa shape index (κ2) is 5.43. The van der Waals surface area contributed by atoms with Crippen LogP contribution in [0.1, 0.15) is 11.1 Å². The largest absolute Gasteiger partial charge is 0.448 e. The zero-order valence-electron chi connectivity index (χ0n) is 11.1. The molecule has 0 aliphatic heterocycles. The van der Waals surface area contributed by atoms with Gasteiger partial charge in [-0.1, -0.05) is 0 Å². The number of nitrogen functional groups attached to an aromatic ring is 1. The maximum absolute atomic E-state index is 13.6. The van der Waals surface area contributed by atoms with E-state index in [1.807, 2.05) is 0 Å². The van der Waals surface area contributed by atoms with Gasteiger partial charge in [0.2, 0.25) is 0 Å². The molecule has 2 N–H and O–H groups in total. The molecular formula is C14H9F6NO. The molecule has 0 saturated heterocycles. The minimum Gasteiger partial charge on any atom is -0.448 e. The highest BCUT2D eigenvalue weighted by atomic mass is 19.4. The van der Waals surface area contributed by atoms with E-state index in [1.165, 1.54) is 6.92 Å². The van der Waals surface area contributed by atoms with Gasteiger partial charge < -0.3 is 10.5 Å². The fourth-order valence-corrected chi connectivity index (χ4v) is 1.68. The number of aryl methyl sites for hydroxylation is 1. The van der Waals surface area contributed by atoms with Crippen molar-refractivity contribution in [2.75, 3.05) is 5.73 Å². The smallest absolute Gasteiger partial charge is 0.416 e. The van der Waals surface area contributed by atoms with Crippen LogP contribution in [0, 0.1) is 24.4 Å². The second-order valence-electron chi connectivity index (χ2n) is 4.51. The minimum absolute atomic E-state index is 0.0634. The zero-order valence-corrected chi connectivity index (χ0v) is 11.1.